The highest BCUT2D eigenvalue weighted by Gasteiger charge is 2.11. The van der Waals surface area contributed by atoms with E-state index in [2.05, 4.69) is 11.9 Å². The second-order valence-corrected chi connectivity index (χ2v) is 6.47. The fourth-order valence-electron chi connectivity index (χ4n) is 2.78. The van der Waals surface area contributed by atoms with Crippen molar-refractivity contribution in [2.45, 2.75) is 13.5 Å². The summed E-state index contributed by atoms with van der Waals surface area (Å²) in [6.07, 6.45) is 0. The first-order valence-corrected chi connectivity index (χ1v) is 8.68. The summed E-state index contributed by atoms with van der Waals surface area (Å²) in [6, 6.07) is 19.8. The maximum absolute atomic E-state index is 13.8. The van der Waals surface area contributed by atoms with E-state index in [1.165, 1.54) is 6.07 Å². The number of hydrogen-bond donors (Lipinski definition) is 3. The van der Waals surface area contributed by atoms with Crippen LogP contribution in [0.2, 0.25) is 0 Å². The smallest absolute Gasteiger partial charge is 0.128 e. The van der Waals surface area contributed by atoms with E-state index in [0.29, 0.717) is 34.8 Å². The van der Waals surface area contributed by atoms with Crippen LogP contribution in [-0.2, 0) is 6.54 Å². The average molecular weight is 359 g/mol. The molecule has 0 atom stereocenters. The highest BCUT2D eigenvalue weighted by atomic mass is 19.1. The third-order valence-electron chi connectivity index (χ3n) is 4.46. The lowest BCUT2D eigenvalue weighted by Crippen LogP contribution is -2.13. The molecule has 4 N–H and O–H groups in total. The van der Waals surface area contributed by atoms with Crippen LogP contribution in [0.5, 0.6) is 0 Å². The number of rotatable bonds is 6. The quantitative estimate of drug-likeness (QED) is 0.433. The van der Waals surface area contributed by atoms with Gasteiger partial charge >= 0.3 is 0 Å². The predicted octanol–water partition coefficient (Wildman–Crippen LogP) is 4.89. The molecule has 3 aromatic carbocycles. The second-order valence-electron chi connectivity index (χ2n) is 6.47. The zero-order valence-electron chi connectivity index (χ0n) is 15.2. The molecule has 0 aromatic heterocycles. The molecule has 0 aliphatic heterocycles. The zero-order valence-corrected chi connectivity index (χ0v) is 15.2. The number of halogens is 1. The first-order valence-electron chi connectivity index (χ1n) is 8.68. The molecule has 136 valence electrons. The van der Waals surface area contributed by atoms with Gasteiger partial charge in [-0.3, -0.25) is 5.41 Å². The monoisotopic (exact) mass is 359 g/mol. The molecule has 0 aliphatic carbocycles. The van der Waals surface area contributed by atoms with Gasteiger partial charge in [0.1, 0.15) is 5.82 Å². The lowest BCUT2D eigenvalue weighted by atomic mass is 9.97. The van der Waals surface area contributed by atoms with Gasteiger partial charge in [-0.25, -0.2) is 4.39 Å². The molecule has 0 radical (unpaired) electrons. The summed E-state index contributed by atoms with van der Waals surface area (Å²) in [5, 5.41) is 11.6. The fourth-order valence-corrected chi connectivity index (χ4v) is 2.78. The van der Waals surface area contributed by atoms with Gasteiger partial charge in [-0.15, -0.1) is 0 Å². The Bertz CT molecular complexity index is 991. The van der Waals surface area contributed by atoms with Crippen molar-refractivity contribution in [2.24, 2.45) is 0 Å². The third-order valence-corrected chi connectivity index (χ3v) is 4.46. The molecular formula is C23H22FN3. The van der Waals surface area contributed by atoms with Crippen LogP contribution in [-0.4, -0.2) is 5.71 Å². The lowest BCUT2D eigenvalue weighted by Gasteiger charge is -2.14. The van der Waals surface area contributed by atoms with Crippen molar-refractivity contribution in [1.29, 1.82) is 5.41 Å². The summed E-state index contributed by atoms with van der Waals surface area (Å²) in [5.41, 5.74) is 11.6. The van der Waals surface area contributed by atoms with Crippen LogP contribution < -0.4 is 11.1 Å². The number of anilines is 1. The van der Waals surface area contributed by atoms with Crippen LogP contribution >= 0.6 is 0 Å². The fraction of sp³-hybridized carbons (Fsp3) is 0.0870. The van der Waals surface area contributed by atoms with Crippen LogP contribution in [0.25, 0.3) is 5.70 Å². The van der Waals surface area contributed by atoms with Gasteiger partial charge in [-0.05, 0) is 30.7 Å². The Hall–Kier alpha value is -3.40. The predicted molar refractivity (Wildman–Crippen MR) is 110 cm³/mol. The molecule has 0 heterocycles. The van der Waals surface area contributed by atoms with Crippen LogP contribution in [0.1, 0.15) is 27.8 Å². The minimum absolute atomic E-state index is 0.253. The molecule has 27 heavy (non-hydrogen) atoms. The third kappa shape index (κ3) is 4.23. The summed E-state index contributed by atoms with van der Waals surface area (Å²) in [6.45, 7) is 6.38. The summed E-state index contributed by atoms with van der Waals surface area (Å²) in [4.78, 5) is 0. The van der Waals surface area contributed by atoms with Crippen LogP contribution in [0.3, 0.4) is 0 Å². The number of aryl methyl sites for hydroxylation is 1. The highest BCUT2D eigenvalue weighted by molar-refractivity contribution is 6.14. The maximum Gasteiger partial charge on any atom is 0.128 e. The highest BCUT2D eigenvalue weighted by Crippen LogP contribution is 2.22. The molecule has 0 saturated carbocycles. The Labute approximate surface area is 158 Å². The van der Waals surface area contributed by atoms with Gasteiger partial charge in [0.2, 0.25) is 0 Å². The standard InChI is InChI=1S/C23H22FN3/c1-15-7-9-17(10-8-15)23(26)20-13-18(11-12-22(20)25)16(2)27-14-19-5-3-4-6-21(19)24/h3-13,26-27H,2,14,25H2,1H3. The van der Waals surface area contributed by atoms with Crippen molar-refractivity contribution in [3.63, 3.8) is 0 Å². The molecule has 3 aromatic rings. The molecule has 3 nitrogen and oxygen atoms in total. The molecule has 0 saturated heterocycles. The number of nitrogens with one attached hydrogen (secondary N) is 2. The topological polar surface area (TPSA) is 61.9 Å². The second kappa shape index (κ2) is 7.87. The molecule has 0 bridgehead atoms. The largest absolute Gasteiger partial charge is 0.398 e. The van der Waals surface area contributed by atoms with Gasteiger partial charge in [0.25, 0.3) is 0 Å². The number of benzene rings is 3. The SMILES string of the molecule is C=C(NCc1ccccc1F)c1ccc(N)c(C(=N)c2ccc(C)cc2)c1. The van der Waals surface area contributed by atoms with Crippen molar-refractivity contribution < 1.29 is 4.39 Å². The van der Waals surface area contributed by atoms with Crippen molar-refractivity contribution in [3.8, 4) is 0 Å². The molecule has 0 fully saturated rings. The Kier molecular flexibility index (Phi) is 5.36. The van der Waals surface area contributed by atoms with Crippen LogP contribution in [0.15, 0.2) is 73.3 Å². The minimum Gasteiger partial charge on any atom is -0.398 e. The summed E-state index contributed by atoms with van der Waals surface area (Å²) in [7, 11) is 0. The van der Waals surface area contributed by atoms with Crippen molar-refractivity contribution in [3.05, 3.63) is 107 Å². The molecular weight excluding hydrogens is 337 g/mol. The normalized spacial score (nSPS) is 10.4. The van der Waals surface area contributed by atoms with Gasteiger partial charge in [0, 0.05) is 34.6 Å². The van der Waals surface area contributed by atoms with E-state index in [-0.39, 0.29) is 5.82 Å². The molecule has 3 rings (SSSR count). The van der Waals surface area contributed by atoms with Crippen molar-refractivity contribution in [1.82, 2.24) is 5.32 Å². The van der Waals surface area contributed by atoms with Crippen molar-refractivity contribution >= 4 is 17.1 Å². The number of nitrogen functional groups attached to an aromatic ring is 1. The molecule has 0 amide bonds. The van der Waals surface area contributed by atoms with Crippen molar-refractivity contribution in [2.75, 3.05) is 5.73 Å². The van der Waals surface area contributed by atoms with Crippen LogP contribution in [0.4, 0.5) is 10.1 Å². The Morgan fingerprint density at radius 2 is 1.70 bits per heavy atom. The maximum atomic E-state index is 13.8. The summed E-state index contributed by atoms with van der Waals surface area (Å²) >= 11 is 0. The van der Waals surface area contributed by atoms with Gasteiger partial charge in [-0.1, -0.05) is 60.7 Å². The summed E-state index contributed by atoms with van der Waals surface area (Å²) < 4.78 is 13.8. The first-order chi connectivity index (χ1) is 13.0. The number of hydrogen-bond acceptors (Lipinski definition) is 3. The minimum atomic E-state index is -0.253. The van der Waals surface area contributed by atoms with E-state index in [1.54, 1.807) is 24.3 Å². The van der Waals surface area contributed by atoms with E-state index in [9.17, 15) is 4.39 Å². The van der Waals surface area contributed by atoms with E-state index in [0.717, 1.165) is 16.7 Å². The van der Waals surface area contributed by atoms with E-state index in [1.807, 2.05) is 43.3 Å². The van der Waals surface area contributed by atoms with E-state index >= 15 is 0 Å². The average Bonchev–Trinajstić information content (AvgIpc) is 2.67. The first kappa shape index (κ1) is 18.4. The zero-order chi connectivity index (χ0) is 19.4. The molecule has 0 spiro atoms. The van der Waals surface area contributed by atoms with E-state index < -0.39 is 0 Å². The van der Waals surface area contributed by atoms with Gasteiger partial charge in [-0.2, -0.15) is 0 Å². The van der Waals surface area contributed by atoms with Gasteiger partial charge < -0.3 is 11.1 Å². The van der Waals surface area contributed by atoms with Gasteiger partial charge in [0.05, 0.1) is 5.71 Å². The van der Waals surface area contributed by atoms with Gasteiger partial charge in [0.15, 0.2) is 0 Å². The summed E-state index contributed by atoms with van der Waals surface area (Å²) in [5.74, 6) is -0.253. The molecule has 4 heteroatoms. The molecule has 0 unspecified atom stereocenters. The Balaban J connectivity index is 1.80. The Morgan fingerprint density at radius 3 is 2.41 bits per heavy atom. The van der Waals surface area contributed by atoms with Crippen LogP contribution in [0, 0.1) is 18.2 Å². The van der Waals surface area contributed by atoms with E-state index in [4.69, 9.17) is 11.1 Å². The Morgan fingerprint density at radius 1 is 1.04 bits per heavy atom. The lowest BCUT2D eigenvalue weighted by molar-refractivity contribution is 0.605. The number of nitrogens with two attached hydrogens (primary N) is 1. The molecule has 0 aliphatic rings.